The van der Waals surface area contributed by atoms with E-state index in [-0.39, 0.29) is 16.3 Å². The van der Waals surface area contributed by atoms with E-state index in [9.17, 15) is 17.6 Å². The Morgan fingerprint density at radius 2 is 2.04 bits per heavy atom. The fourth-order valence-electron chi connectivity index (χ4n) is 2.46. The van der Waals surface area contributed by atoms with E-state index >= 15 is 0 Å². The normalized spacial score (nSPS) is 12.5. The van der Waals surface area contributed by atoms with Crippen molar-refractivity contribution in [3.05, 3.63) is 83.2 Å². The number of halogens is 1. The van der Waals surface area contributed by atoms with Crippen LogP contribution in [0.1, 0.15) is 21.2 Å². The first-order valence-electron chi connectivity index (χ1n) is 7.69. The number of carbonyl (C=O) groups is 1. The second kappa shape index (κ2) is 7.76. The summed E-state index contributed by atoms with van der Waals surface area (Å²) in [4.78, 5) is 16.2. The third-order valence-corrected chi connectivity index (χ3v) is 7.27. The molecule has 2 heterocycles. The standard InChI is InChI=1S/C18H15FN2O3S2/c19-15-6-1-4-13(10-15)18(22)21-12-16(14-5-2-8-20-11-14)26(23,24)17-7-3-9-25-17/h1-11,16H,12H2,(H,21,22). The molecule has 3 rings (SSSR count). The van der Waals surface area contributed by atoms with Crippen LogP contribution in [0.2, 0.25) is 0 Å². The Morgan fingerprint density at radius 3 is 2.69 bits per heavy atom. The van der Waals surface area contributed by atoms with Crippen LogP contribution in [0, 0.1) is 5.82 Å². The number of hydrogen-bond acceptors (Lipinski definition) is 5. The van der Waals surface area contributed by atoms with E-state index in [1.54, 1.807) is 29.8 Å². The van der Waals surface area contributed by atoms with Gasteiger partial charge < -0.3 is 5.32 Å². The number of carbonyl (C=O) groups excluding carboxylic acids is 1. The molecule has 1 atom stereocenters. The lowest BCUT2D eigenvalue weighted by Crippen LogP contribution is -2.31. The van der Waals surface area contributed by atoms with Crippen LogP contribution in [0.15, 0.2) is 70.5 Å². The summed E-state index contributed by atoms with van der Waals surface area (Å²) in [6.07, 6.45) is 3.01. The van der Waals surface area contributed by atoms with Gasteiger partial charge in [-0.3, -0.25) is 9.78 Å². The van der Waals surface area contributed by atoms with Crippen molar-refractivity contribution in [1.82, 2.24) is 10.3 Å². The fourth-order valence-corrected chi connectivity index (χ4v) is 5.31. The molecule has 0 aliphatic rings. The molecule has 8 heteroatoms. The molecule has 3 aromatic rings. The van der Waals surface area contributed by atoms with E-state index in [1.165, 1.54) is 30.5 Å². The summed E-state index contributed by atoms with van der Waals surface area (Å²) < 4.78 is 39.4. The maximum Gasteiger partial charge on any atom is 0.251 e. The summed E-state index contributed by atoms with van der Waals surface area (Å²) in [5.74, 6) is -1.08. The molecule has 1 amide bonds. The number of sulfone groups is 1. The van der Waals surface area contributed by atoms with Crippen LogP contribution in [-0.4, -0.2) is 25.9 Å². The van der Waals surface area contributed by atoms with Crippen molar-refractivity contribution in [1.29, 1.82) is 0 Å². The molecule has 0 aliphatic heterocycles. The molecule has 1 N–H and O–H groups in total. The molecule has 0 fully saturated rings. The molecule has 0 saturated carbocycles. The summed E-state index contributed by atoms with van der Waals surface area (Å²) in [6.45, 7) is -0.152. The number of nitrogens with zero attached hydrogens (tertiary/aromatic N) is 1. The maximum atomic E-state index is 13.3. The van der Waals surface area contributed by atoms with E-state index in [0.717, 1.165) is 17.4 Å². The number of amides is 1. The van der Waals surface area contributed by atoms with Gasteiger partial charge in [-0.05, 0) is 41.3 Å². The van der Waals surface area contributed by atoms with Gasteiger partial charge in [0, 0.05) is 24.5 Å². The van der Waals surface area contributed by atoms with Crippen molar-refractivity contribution in [2.24, 2.45) is 0 Å². The molecule has 0 radical (unpaired) electrons. The summed E-state index contributed by atoms with van der Waals surface area (Å²) in [7, 11) is -3.71. The summed E-state index contributed by atoms with van der Waals surface area (Å²) in [5, 5.41) is 3.27. The Kier molecular flexibility index (Phi) is 5.43. The van der Waals surface area contributed by atoms with E-state index in [2.05, 4.69) is 10.3 Å². The number of aromatic nitrogens is 1. The minimum atomic E-state index is -3.71. The van der Waals surface area contributed by atoms with Crippen LogP contribution >= 0.6 is 11.3 Å². The third kappa shape index (κ3) is 3.97. The molecule has 26 heavy (non-hydrogen) atoms. The molecule has 1 aromatic carbocycles. The molecule has 2 aromatic heterocycles. The molecular formula is C18H15FN2O3S2. The molecule has 0 saturated heterocycles. The number of hydrogen-bond donors (Lipinski definition) is 1. The Bertz CT molecular complexity index is 990. The van der Waals surface area contributed by atoms with E-state index < -0.39 is 26.8 Å². The Morgan fingerprint density at radius 1 is 1.19 bits per heavy atom. The van der Waals surface area contributed by atoms with Crippen molar-refractivity contribution in [3.8, 4) is 0 Å². The number of pyridine rings is 1. The predicted molar refractivity (Wildman–Crippen MR) is 97.2 cm³/mol. The van der Waals surface area contributed by atoms with E-state index in [1.807, 2.05) is 0 Å². The zero-order valence-corrected chi connectivity index (χ0v) is 15.1. The van der Waals surface area contributed by atoms with Gasteiger partial charge in [0.25, 0.3) is 5.91 Å². The highest BCUT2D eigenvalue weighted by Gasteiger charge is 2.30. The zero-order valence-electron chi connectivity index (χ0n) is 13.5. The van der Waals surface area contributed by atoms with Crippen molar-refractivity contribution in [2.45, 2.75) is 9.46 Å². The molecule has 0 spiro atoms. The van der Waals surface area contributed by atoms with Crippen molar-refractivity contribution in [3.63, 3.8) is 0 Å². The molecule has 1 unspecified atom stereocenters. The first-order valence-corrected chi connectivity index (χ1v) is 10.1. The monoisotopic (exact) mass is 390 g/mol. The first kappa shape index (κ1) is 18.2. The van der Waals surface area contributed by atoms with Gasteiger partial charge in [-0.1, -0.05) is 18.2 Å². The lowest BCUT2D eigenvalue weighted by molar-refractivity contribution is 0.0953. The van der Waals surface area contributed by atoms with Crippen LogP contribution in [0.3, 0.4) is 0 Å². The van der Waals surface area contributed by atoms with Gasteiger partial charge in [-0.15, -0.1) is 11.3 Å². The van der Waals surface area contributed by atoms with E-state index in [4.69, 9.17) is 0 Å². The van der Waals surface area contributed by atoms with Gasteiger partial charge >= 0.3 is 0 Å². The SMILES string of the molecule is O=C(NCC(c1cccnc1)S(=O)(=O)c1cccs1)c1cccc(F)c1. The predicted octanol–water partition coefficient (Wildman–Crippen LogP) is 3.23. The highest BCUT2D eigenvalue weighted by Crippen LogP contribution is 2.30. The summed E-state index contributed by atoms with van der Waals surface area (Å²) >= 11 is 1.11. The van der Waals surface area contributed by atoms with Gasteiger partial charge in [-0.25, -0.2) is 12.8 Å². The maximum absolute atomic E-state index is 13.3. The van der Waals surface area contributed by atoms with Gasteiger partial charge in [0.1, 0.15) is 15.3 Å². The number of nitrogens with one attached hydrogen (secondary N) is 1. The highest BCUT2D eigenvalue weighted by atomic mass is 32.2. The number of rotatable bonds is 6. The van der Waals surface area contributed by atoms with Gasteiger partial charge in [0.05, 0.1) is 0 Å². The summed E-state index contributed by atoms with van der Waals surface area (Å²) in [6, 6.07) is 11.7. The van der Waals surface area contributed by atoms with Crippen LogP contribution in [0.4, 0.5) is 4.39 Å². The quantitative estimate of drug-likeness (QED) is 0.701. The molecule has 0 bridgehead atoms. The highest BCUT2D eigenvalue weighted by molar-refractivity contribution is 7.93. The average Bonchev–Trinajstić information content (AvgIpc) is 3.18. The van der Waals surface area contributed by atoms with Gasteiger partial charge in [0.15, 0.2) is 9.84 Å². The lowest BCUT2D eigenvalue weighted by Gasteiger charge is -2.18. The smallest absolute Gasteiger partial charge is 0.251 e. The van der Waals surface area contributed by atoms with Crippen LogP contribution < -0.4 is 5.32 Å². The van der Waals surface area contributed by atoms with Crippen LogP contribution in [-0.2, 0) is 9.84 Å². The van der Waals surface area contributed by atoms with Gasteiger partial charge in [-0.2, -0.15) is 0 Å². The summed E-state index contributed by atoms with van der Waals surface area (Å²) in [5.41, 5.74) is 0.601. The second-order valence-electron chi connectivity index (χ2n) is 5.47. The lowest BCUT2D eigenvalue weighted by atomic mass is 10.2. The first-order chi connectivity index (χ1) is 12.5. The average molecular weight is 390 g/mol. The fraction of sp³-hybridized carbons (Fsp3) is 0.111. The van der Waals surface area contributed by atoms with Crippen molar-refractivity contribution < 1.29 is 17.6 Å². The number of benzene rings is 1. The van der Waals surface area contributed by atoms with Crippen molar-refractivity contribution >= 4 is 27.1 Å². The van der Waals surface area contributed by atoms with Gasteiger partial charge in [0.2, 0.25) is 0 Å². The Labute approximate surface area is 154 Å². The minimum absolute atomic E-state index is 0.128. The molecule has 134 valence electrons. The molecule has 0 aliphatic carbocycles. The molecular weight excluding hydrogens is 375 g/mol. The van der Waals surface area contributed by atoms with Crippen LogP contribution in [0.25, 0.3) is 0 Å². The minimum Gasteiger partial charge on any atom is -0.350 e. The van der Waals surface area contributed by atoms with Crippen molar-refractivity contribution in [2.75, 3.05) is 6.54 Å². The second-order valence-corrected chi connectivity index (χ2v) is 8.78. The largest absolute Gasteiger partial charge is 0.350 e. The van der Waals surface area contributed by atoms with Crippen LogP contribution in [0.5, 0.6) is 0 Å². The zero-order chi connectivity index (χ0) is 18.6. The molecule has 5 nitrogen and oxygen atoms in total. The topological polar surface area (TPSA) is 76.1 Å². The Balaban J connectivity index is 1.87. The van der Waals surface area contributed by atoms with E-state index in [0.29, 0.717) is 5.56 Å². The third-order valence-electron chi connectivity index (χ3n) is 3.74. The number of thiophene rings is 1. The Hall–Kier alpha value is -2.58.